The maximum absolute atomic E-state index is 4.29. The van der Waals surface area contributed by atoms with Crippen LogP contribution in [-0.2, 0) is 0 Å². The Morgan fingerprint density at radius 3 is 2.29 bits per heavy atom. The third kappa shape index (κ3) is 2.20. The van der Waals surface area contributed by atoms with Crippen molar-refractivity contribution in [2.75, 3.05) is 36.1 Å². The van der Waals surface area contributed by atoms with Crippen LogP contribution in [-0.4, -0.2) is 41.3 Å². The maximum atomic E-state index is 4.29. The van der Waals surface area contributed by atoms with Crippen LogP contribution in [0.5, 0.6) is 0 Å². The molecule has 0 N–H and O–H groups in total. The van der Waals surface area contributed by atoms with Gasteiger partial charge in [-0.2, -0.15) is 4.79 Å². The molecule has 5 nitrogen and oxygen atoms in total. The minimum absolute atomic E-state index is 0.947. The van der Waals surface area contributed by atoms with Gasteiger partial charge in [0.2, 0.25) is 0 Å². The first-order valence-corrected chi connectivity index (χ1v) is 7.27. The second kappa shape index (κ2) is 5.09. The maximum Gasteiger partial charge on any atom is 0.115 e. The van der Waals surface area contributed by atoms with E-state index in [4.69, 9.17) is 0 Å². The third-order valence-electron chi connectivity index (χ3n) is 3.98. The fraction of sp³-hybridized carbons (Fsp3) is 0.250. The minimum atomic E-state index is 0.947. The second-order valence-corrected chi connectivity index (χ2v) is 5.24. The highest BCUT2D eigenvalue weighted by Crippen LogP contribution is 2.16. The van der Waals surface area contributed by atoms with Gasteiger partial charge in [-0.3, -0.25) is 5.01 Å². The van der Waals surface area contributed by atoms with Gasteiger partial charge in [0.1, 0.15) is 11.0 Å². The first-order valence-electron chi connectivity index (χ1n) is 7.27. The molecule has 21 heavy (non-hydrogen) atoms. The fourth-order valence-electron chi connectivity index (χ4n) is 2.85. The molecule has 1 aromatic heterocycles. The van der Waals surface area contributed by atoms with Crippen molar-refractivity contribution in [1.29, 1.82) is 0 Å². The van der Waals surface area contributed by atoms with Crippen molar-refractivity contribution in [2.45, 2.75) is 0 Å². The van der Waals surface area contributed by atoms with Crippen molar-refractivity contribution in [3.8, 4) is 0 Å². The number of fused-ring (bicyclic) bond motifs is 1. The molecule has 1 saturated heterocycles. The molecule has 1 fully saturated rings. The molecule has 0 aliphatic carbocycles. The van der Waals surface area contributed by atoms with E-state index in [0.717, 1.165) is 37.2 Å². The van der Waals surface area contributed by atoms with E-state index in [0.29, 0.717) is 0 Å². The standard InChI is InChI=1S/C16H17N5/c1-2-6-14(7-3-1)19-10-12-20(13-11-19)21-16-9-5-4-8-15(16)17-18-21/h1-9H,10-13H2. The summed E-state index contributed by atoms with van der Waals surface area (Å²) >= 11 is 0. The predicted octanol–water partition coefficient (Wildman–Crippen LogP) is 1.89. The Bertz CT molecular complexity index is 729. The highest BCUT2D eigenvalue weighted by molar-refractivity contribution is 5.74. The first kappa shape index (κ1) is 12.2. The highest BCUT2D eigenvalue weighted by Gasteiger charge is 2.19. The molecule has 0 unspecified atom stereocenters. The average Bonchev–Trinajstić information content (AvgIpc) is 3.00. The number of benzene rings is 2. The molecule has 4 rings (SSSR count). The number of anilines is 1. The zero-order valence-corrected chi connectivity index (χ0v) is 11.8. The van der Waals surface area contributed by atoms with E-state index < -0.39 is 0 Å². The summed E-state index contributed by atoms with van der Waals surface area (Å²) in [5.41, 5.74) is 3.31. The summed E-state index contributed by atoms with van der Waals surface area (Å²) in [6.07, 6.45) is 0. The van der Waals surface area contributed by atoms with Crippen LogP contribution < -0.4 is 9.91 Å². The predicted molar refractivity (Wildman–Crippen MR) is 84.1 cm³/mol. The summed E-state index contributed by atoms with van der Waals surface area (Å²) in [4.78, 5) is 4.35. The molecule has 0 radical (unpaired) electrons. The van der Waals surface area contributed by atoms with Gasteiger partial charge in [-0.25, -0.2) is 0 Å². The summed E-state index contributed by atoms with van der Waals surface area (Å²) in [5.74, 6) is 0. The Balaban J connectivity index is 1.53. The van der Waals surface area contributed by atoms with Gasteiger partial charge in [-0.05, 0) is 29.5 Å². The molecular weight excluding hydrogens is 262 g/mol. The van der Waals surface area contributed by atoms with E-state index in [1.165, 1.54) is 5.69 Å². The van der Waals surface area contributed by atoms with E-state index in [9.17, 15) is 0 Å². The molecule has 0 saturated carbocycles. The van der Waals surface area contributed by atoms with Gasteiger partial charge in [0.05, 0.1) is 13.1 Å². The molecular formula is C16H17N5. The molecule has 1 aliphatic heterocycles. The molecule has 1 aliphatic rings. The lowest BCUT2D eigenvalue weighted by atomic mass is 10.2. The van der Waals surface area contributed by atoms with Gasteiger partial charge in [0, 0.05) is 18.8 Å². The van der Waals surface area contributed by atoms with Crippen LogP contribution in [0.15, 0.2) is 54.6 Å². The molecule has 0 atom stereocenters. The molecule has 0 amide bonds. The Morgan fingerprint density at radius 1 is 0.762 bits per heavy atom. The van der Waals surface area contributed by atoms with Crippen LogP contribution in [0.4, 0.5) is 5.69 Å². The summed E-state index contributed by atoms with van der Waals surface area (Å²) in [6.45, 7) is 3.89. The van der Waals surface area contributed by atoms with Crippen molar-refractivity contribution in [3.63, 3.8) is 0 Å². The molecule has 5 heteroatoms. The van der Waals surface area contributed by atoms with Crippen LogP contribution in [0.1, 0.15) is 0 Å². The number of para-hydroxylation sites is 2. The average molecular weight is 279 g/mol. The van der Waals surface area contributed by atoms with Crippen LogP contribution >= 0.6 is 0 Å². The Hall–Kier alpha value is -2.56. The van der Waals surface area contributed by atoms with Crippen molar-refractivity contribution in [3.05, 3.63) is 54.6 Å². The van der Waals surface area contributed by atoms with Crippen LogP contribution in [0.25, 0.3) is 11.0 Å². The van der Waals surface area contributed by atoms with Crippen molar-refractivity contribution < 1.29 is 0 Å². The van der Waals surface area contributed by atoms with Crippen molar-refractivity contribution in [2.24, 2.45) is 0 Å². The van der Waals surface area contributed by atoms with Crippen molar-refractivity contribution in [1.82, 2.24) is 15.1 Å². The molecule has 0 spiro atoms. The number of aromatic nitrogens is 3. The van der Waals surface area contributed by atoms with E-state index in [2.05, 4.69) is 56.6 Å². The number of rotatable bonds is 2. The Kier molecular flexibility index (Phi) is 2.96. The first-order chi connectivity index (χ1) is 10.4. The SMILES string of the molecule is c1ccc(N2CCN(n3nnc4ccccc43)CC2)cc1. The minimum Gasteiger partial charge on any atom is -0.368 e. The number of hydrogen-bond acceptors (Lipinski definition) is 4. The van der Waals surface area contributed by atoms with Gasteiger partial charge in [-0.15, -0.1) is 5.10 Å². The quantitative estimate of drug-likeness (QED) is 0.718. The van der Waals surface area contributed by atoms with Gasteiger partial charge in [0.15, 0.2) is 0 Å². The molecule has 0 bridgehead atoms. The largest absolute Gasteiger partial charge is 0.368 e. The van der Waals surface area contributed by atoms with E-state index in [1.807, 2.05) is 23.0 Å². The number of nitrogens with zero attached hydrogens (tertiary/aromatic N) is 5. The monoisotopic (exact) mass is 279 g/mol. The third-order valence-corrected chi connectivity index (χ3v) is 3.98. The summed E-state index contributed by atoms with van der Waals surface area (Å²) in [6, 6.07) is 18.7. The Morgan fingerprint density at radius 2 is 1.48 bits per heavy atom. The fourth-order valence-corrected chi connectivity index (χ4v) is 2.85. The normalized spacial score (nSPS) is 15.6. The van der Waals surface area contributed by atoms with Gasteiger partial charge in [0.25, 0.3) is 0 Å². The lowest BCUT2D eigenvalue weighted by Gasteiger charge is -2.36. The van der Waals surface area contributed by atoms with Gasteiger partial charge >= 0.3 is 0 Å². The summed E-state index contributed by atoms with van der Waals surface area (Å²) < 4.78 is 0. The zero-order valence-electron chi connectivity index (χ0n) is 11.8. The van der Waals surface area contributed by atoms with Gasteiger partial charge in [-0.1, -0.05) is 30.3 Å². The summed E-state index contributed by atoms with van der Waals surface area (Å²) in [5, 5.41) is 10.8. The van der Waals surface area contributed by atoms with Crippen LogP contribution in [0, 0.1) is 0 Å². The molecule has 106 valence electrons. The number of piperazine rings is 1. The molecule has 3 aromatic rings. The van der Waals surface area contributed by atoms with Crippen LogP contribution in [0.2, 0.25) is 0 Å². The smallest absolute Gasteiger partial charge is 0.115 e. The topological polar surface area (TPSA) is 37.2 Å². The molecule has 2 heterocycles. The highest BCUT2D eigenvalue weighted by atomic mass is 15.7. The molecule has 2 aromatic carbocycles. The second-order valence-electron chi connectivity index (χ2n) is 5.24. The Labute approximate surface area is 123 Å². The number of hydrogen-bond donors (Lipinski definition) is 0. The van der Waals surface area contributed by atoms with E-state index >= 15 is 0 Å². The van der Waals surface area contributed by atoms with Crippen LogP contribution in [0.3, 0.4) is 0 Å². The van der Waals surface area contributed by atoms with E-state index in [-0.39, 0.29) is 0 Å². The van der Waals surface area contributed by atoms with Crippen molar-refractivity contribution >= 4 is 16.7 Å². The van der Waals surface area contributed by atoms with Gasteiger partial charge < -0.3 is 4.90 Å². The summed E-state index contributed by atoms with van der Waals surface area (Å²) in [7, 11) is 0. The van der Waals surface area contributed by atoms with E-state index in [1.54, 1.807) is 0 Å². The lowest BCUT2D eigenvalue weighted by Crippen LogP contribution is -2.51. The lowest BCUT2D eigenvalue weighted by molar-refractivity contribution is 0.489. The zero-order chi connectivity index (χ0) is 14.1.